The Bertz CT molecular complexity index is 254. The first kappa shape index (κ1) is 9.99. The van der Waals surface area contributed by atoms with E-state index in [4.69, 9.17) is 10.8 Å². The molecule has 72 valence electrons. The largest absolute Gasteiger partial charge is 0.478 e. The maximum absolute atomic E-state index is 10.5. The van der Waals surface area contributed by atoms with E-state index >= 15 is 0 Å². The third kappa shape index (κ3) is 3.03. The quantitative estimate of drug-likeness (QED) is 0.690. The molecule has 0 saturated heterocycles. The first-order valence-corrected chi connectivity index (χ1v) is 4.47. The number of hydrogen-bond acceptors (Lipinski definition) is 2. The van der Waals surface area contributed by atoms with Gasteiger partial charge in [0.1, 0.15) is 0 Å². The van der Waals surface area contributed by atoms with Crippen LogP contribution in [-0.4, -0.2) is 17.1 Å². The summed E-state index contributed by atoms with van der Waals surface area (Å²) in [7, 11) is 0. The third-order valence-corrected chi connectivity index (χ3v) is 2.11. The van der Waals surface area contributed by atoms with Crippen LogP contribution in [0, 0.1) is 5.92 Å². The summed E-state index contributed by atoms with van der Waals surface area (Å²) >= 11 is 0. The number of nitrogens with two attached hydrogens (primary N) is 1. The molecule has 1 rings (SSSR count). The lowest BCUT2D eigenvalue weighted by molar-refractivity contribution is -0.132. The fourth-order valence-electron chi connectivity index (χ4n) is 1.48. The summed E-state index contributed by atoms with van der Waals surface area (Å²) in [5, 5.41) is 8.66. The van der Waals surface area contributed by atoms with Crippen molar-refractivity contribution in [2.75, 3.05) is 0 Å². The Morgan fingerprint density at radius 3 is 2.92 bits per heavy atom. The molecule has 0 aromatic carbocycles. The minimum atomic E-state index is -0.851. The van der Waals surface area contributed by atoms with Gasteiger partial charge in [-0.3, -0.25) is 0 Å². The molecule has 0 spiro atoms. The van der Waals surface area contributed by atoms with Gasteiger partial charge in [-0.15, -0.1) is 0 Å². The molecule has 0 aromatic rings. The monoisotopic (exact) mass is 181 g/mol. The molecule has 1 aliphatic carbocycles. The molecule has 13 heavy (non-hydrogen) atoms. The minimum absolute atomic E-state index is 0.175. The van der Waals surface area contributed by atoms with Crippen molar-refractivity contribution in [3.63, 3.8) is 0 Å². The summed E-state index contributed by atoms with van der Waals surface area (Å²) in [4.78, 5) is 10.5. The van der Waals surface area contributed by atoms with Gasteiger partial charge >= 0.3 is 5.97 Å². The van der Waals surface area contributed by atoms with Gasteiger partial charge in [-0.25, -0.2) is 4.79 Å². The highest BCUT2D eigenvalue weighted by atomic mass is 16.4. The normalized spacial score (nSPS) is 23.8. The van der Waals surface area contributed by atoms with Crippen LogP contribution in [0.3, 0.4) is 0 Å². The molecule has 3 heteroatoms. The standard InChI is InChI=1S/C10H15NO2/c1-7(11)6-8-2-4-9(5-3-8)10(12)13/h2,4-5,7-8H,3,6,11H2,1H3,(H,12,13)/t7-,8?/m1/s1. The van der Waals surface area contributed by atoms with E-state index in [9.17, 15) is 4.79 Å². The predicted octanol–water partition coefficient (Wildman–Crippen LogP) is 1.31. The van der Waals surface area contributed by atoms with Crippen LogP contribution in [0.15, 0.2) is 23.8 Å². The fraction of sp³-hybridized carbons (Fsp3) is 0.500. The second-order valence-corrected chi connectivity index (χ2v) is 3.53. The van der Waals surface area contributed by atoms with Gasteiger partial charge in [0.15, 0.2) is 0 Å². The van der Waals surface area contributed by atoms with Crippen molar-refractivity contribution in [3.05, 3.63) is 23.8 Å². The van der Waals surface area contributed by atoms with Gasteiger partial charge in [0.2, 0.25) is 0 Å². The predicted molar refractivity (Wildman–Crippen MR) is 51.2 cm³/mol. The van der Waals surface area contributed by atoms with Gasteiger partial charge in [-0.05, 0) is 25.7 Å². The van der Waals surface area contributed by atoms with Crippen LogP contribution in [0.4, 0.5) is 0 Å². The van der Waals surface area contributed by atoms with Crippen molar-refractivity contribution in [2.24, 2.45) is 11.7 Å². The van der Waals surface area contributed by atoms with E-state index in [1.807, 2.05) is 13.0 Å². The van der Waals surface area contributed by atoms with Crippen LogP contribution in [-0.2, 0) is 4.79 Å². The van der Waals surface area contributed by atoms with E-state index in [1.54, 1.807) is 12.2 Å². The third-order valence-electron chi connectivity index (χ3n) is 2.11. The summed E-state index contributed by atoms with van der Waals surface area (Å²) in [6.07, 6.45) is 7.07. The molecule has 0 amide bonds. The van der Waals surface area contributed by atoms with Gasteiger partial charge in [0.25, 0.3) is 0 Å². The molecule has 0 fully saturated rings. The zero-order chi connectivity index (χ0) is 9.84. The first-order chi connectivity index (χ1) is 6.09. The Kier molecular flexibility index (Phi) is 3.25. The zero-order valence-corrected chi connectivity index (χ0v) is 7.73. The lowest BCUT2D eigenvalue weighted by atomic mass is 9.91. The lowest BCUT2D eigenvalue weighted by Crippen LogP contribution is -2.19. The van der Waals surface area contributed by atoms with E-state index in [2.05, 4.69) is 0 Å². The van der Waals surface area contributed by atoms with Gasteiger partial charge in [0, 0.05) is 6.04 Å². The van der Waals surface area contributed by atoms with Crippen molar-refractivity contribution >= 4 is 5.97 Å². The summed E-state index contributed by atoms with van der Waals surface area (Å²) in [5.41, 5.74) is 6.04. The zero-order valence-electron chi connectivity index (χ0n) is 7.73. The fourth-order valence-corrected chi connectivity index (χ4v) is 1.48. The average Bonchev–Trinajstić information content (AvgIpc) is 2.04. The maximum Gasteiger partial charge on any atom is 0.335 e. The average molecular weight is 181 g/mol. The van der Waals surface area contributed by atoms with E-state index in [-0.39, 0.29) is 6.04 Å². The van der Waals surface area contributed by atoms with Crippen molar-refractivity contribution in [2.45, 2.75) is 25.8 Å². The number of allylic oxidation sites excluding steroid dienone is 2. The van der Waals surface area contributed by atoms with Crippen LogP contribution in [0.2, 0.25) is 0 Å². The summed E-state index contributed by atoms with van der Waals surface area (Å²) in [6, 6.07) is 0.175. The number of hydrogen-bond donors (Lipinski definition) is 2. The maximum atomic E-state index is 10.5. The van der Waals surface area contributed by atoms with Crippen LogP contribution < -0.4 is 5.73 Å². The summed E-state index contributed by atoms with van der Waals surface area (Å²) in [6.45, 7) is 1.96. The smallest absolute Gasteiger partial charge is 0.335 e. The Morgan fingerprint density at radius 2 is 2.54 bits per heavy atom. The molecule has 1 unspecified atom stereocenters. The Labute approximate surface area is 77.9 Å². The molecule has 0 saturated carbocycles. The highest BCUT2D eigenvalue weighted by molar-refractivity contribution is 5.90. The Morgan fingerprint density at radius 1 is 1.85 bits per heavy atom. The molecule has 0 bridgehead atoms. The van der Waals surface area contributed by atoms with Crippen LogP contribution in [0.1, 0.15) is 19.8 Å². The molecule has 0 aliphatic heterocycles. The van der Waals surface area contributed by atoms with Gasteiger partial charge in [-0.1, -0.05) is 18.2 Å². The summed E-state index contributed by atoms with van der Waals surface area (Å²) < 4.78 is 0. The molecule has 0 aromatic heterocycles. The second-order valence-electron chi connectivity index (χ2n) is 3.53. The lowest BCUT2D eigenvalue weighted by Gasteiger charge is -2.16. The molecule has 2 atom stereocenters. The SMILES string of the molecule is C[C@@H](N)CC1C=CC(C(=O)O)=CC1. The topological polar surface area (TPSA) is 63.3 Å². The van der Waals surface area contributed by atoms with E-state index in [1.165, 1.54) is 0 Å². The van der Waals surface area contributed by atoms with Crippen molar-refractivity contribution in [3.8, 4) is 0 Å². The molecule has 0 radical (unpaired) electrons. The number of aliphatic carboxylic acids is 1. The highest BCUT2D eigenvalue weighted by Crippen LogP contribution is 2.20. The molecular weight excluding hydrogens is 166 g/mol. The Hall–Kier alpha value is -1.09. The number of carbonyl (C=O) groups is 1. The van der Waals surface area contributed by atoms with E-state index in [0.29, 0.717) is 11.5 Å². The van der Waals surface area contributed by atoms with E-state index < -0.39 is 5.97 Å². The van der Waals surface area contributed by atoms with Gasteiger partial charge < -0.3 is 10.8 Å². The van der Waals surface area contributed by atoms with Crippen LogP contribution >= 0.6 is 0 Å². The second kappa shape index (κ2) is 4.23. The van der Waals surface area contributed by atoms with E-state index in [0.717, 1.165) is 12.8 Å². The number of rotatable bonds is 3. The van der Waals surface area contributed by atoms with Crippen molar-refractivity contribution in [1.82, 2.24) is 0 Å². The number of carboxylic acids is 1. The molecule has 3 N–H and O–H groups in total. The van der Waals surface area contributed by atoms with Crippen LogP contribution in [0.25, 0.3) is 0 Å². The number of carboxylic acid groups (broad SMARTS) is 1. The summed E-state index contributed by atoms with van der Waals surface area (Å²) in [5.74, 6) is -0.446. The van der Waals surface area contributed by atoms with Crippen LogP contribution in [0.5, 0.6) is 0 Å². The van der Waals surface area contributed by atoms with Gasteiger partial charge in [0.05, 0.1) is 5.57 Å². The molecule has 0 heterocycles. The van der Waals surface area contributed by atoms with Gasteiger partial charge in [-0.2, -0.15) is 0 Å². The molecule has 3 nitrogen and oxygen atoms in total. The minimum Gasteiger partial charge on any atom is -0.478 e. The highest BCUT2D eigenvalue weighted by Gasteiger charge is 2.13. The first-order valence-electron chi connectivity index (χ1n) is 4.47. The van der Waals surface area contributed by atoms with Crippen molar-refractivity contribution in [1.29, 1.82) is 0 Å². The van der Waals surface area contributed by atoms with Crippen molar-refractivity contribution < 1.29 is 9.90 Å². The Balaban J connectivity index is 2.48. The molecule has 1 aliphatic rings. The molecular formula is C10H15NO2.